The number of hydrogen-bond donors (Lipinski definition) is 1. The van der Waals surface area contributed by atoms with Gasteiger partial charge in [0.25, 0.3) is 0 Å². The standard InChI is InChI=1S/C10H12ClN3O/c1-8(12-2)14(7-15)6-9-3-4-10(11)13-5-9/h3-5,7,12H,1,6H2,2H3. The van der Waals surface area contributed by atoms with Crippen LogP contribution < -0.4 is 5.32 Å². The van der Waals surface area contributed by atoms with E-state index in [9.17, 15) is 4.79 Å². The zero-order valence-corrected chi connectivity index (χ0v) is 9.16. The Labute approximate surface area is 93.6 Å². The Balaban J connectivity index is 2.71. The van der Waals surface area contributed by atoms with Crippen LogP contribution in [0.2, 0.25) is 5.15 Å². The maximum atomic E-state index is 10.8. The van der Waals surface area contributed by atoms with Gasteiger partial charge in [-0.25, -0.2) is 4.98 Å². The summed E-state index contributed by atoms with van der Waals surface area (Å²) < 4.78 is 0. The highest BCUT2D eigenvalue weighted by molar-refractivity contribution is 6.29. The molecule has 0 unspecified atom stereocenters. The molecule has 0 spiro atoms. The molecular weight excluding hydrogens is 214 g/mol. The van der Waals surface area contributed by atoms with Gasteiger partial charge in [-0.3, -0.25) is 9.69 Å². The predicted molar refractivity (Wildman–Crippen MR) is 59.1 cm³/mol. The number of hydrogen-bond acceptors (Lipinski definition) is 3. The number of nitrogens with one attached hydrogen (secondary N) is 1. The van der Waals surface area contributed by atoms with Crippen molar-refractivity contribution in [2.24, 2.45) is 0 Å². The molecule has 1 amide bonds. The van der Waals surface area contributed by atoms with E-state index in [1.165, 1.54) is 4.90 Å². The number of rotatable bonds is 5. The normalized spacial score (nSPS) is 9.47. The number of aromatic nitrogens is 1. The molecule has 0 aliphatic carbocycles. The molecule has 0 radical (unpaired) electrons. The number of amides is 1. The van der Waals surface area contributed by atoms with Crippen LogP contribution in [0.25, 0.3) is 0 Å². The summed E-state index contributed by atoms with van der Waals surface area (Å²) in [5.41, 5.74) is 0.892. The van der Waals surface area contributed by atoms with E-state index in [-0.39, 0.29) is 0 Å². The van der Waals surface area contributed by atoms with Gasteiger partial charge in [-0.05, 0) is 11.6 Å². The Morgan fingerprint density at radius 1 is 1.73 bits per heavy atom. The molecule has 80 valence electrons. The van der Waals surface area contributed by atoms with Crippen LogP contribution in [-0.2, 0) is 11.3 Å². The average molecular weight is 226 g/mol. The molecule has 15 heavy (non-hydrogen) atoms. The van der Waals surface area contributed by atoms with Crippen LogP contribution in [-0.4, -0.2) is 23.3 Å². The fourth-order valence-corrected chi connectivity index (χ4v) is 1.15. The second-order valence-electron chi connectivity index (χ2n) is 2.92. The van der Waals surface area contributed by atoms with Gasteiger partial charge in [0.2, 0.25) is 6.41 Å². The molecule has 5 heteroatoms. The molecule has 0 saturated carbocycles. The van der Waals surface area contributed by atoms with Crippen LogP contribution in [0.15, 0.2) is 30.7 Å². The summed E-state index contributed by atoms with van der Waals surface area (Å²) in [6.45, 7) is 4.12. The van der Waals surface area contributed by atoms with Gasteiger partial charge in [0, 0.05) is 13.2 Å². The SMILES string of the molecule is C=C(NC)N(C=O)Cc1ccc(Cl)nc1. The molecular formula is C10H12ClN3O. The van der Waals surface area contributed by atoms with Crippen LogP contribution in [0.1, 0.15) is 5.56 Å². The maximum absolute atomic E-state index is 10.8. The molecule has 4 nitrogen and oxygen atoms in total. The van der Waals surface area contributed by atoms with Crippen molar-refractivity contribution in [3.63, 3.8) is 0 Å². The Kier molecular flexibility index (Phi) is 4.12. The number of carbonyl (C=O) groups is 1. The summed E-state index contributed by atoms with van der Waals surface area (Å²) in [6.07, 6.45) is 2.34. The van der Waals surface area contributed by atoms with Crippen LogP contribution in [0.4, 0.5) is 0 Å². The third-order valence-corrected chi connectivity index (χ3v) is 2.13. The predicted octanol–water partition coefficient (Wildman–Crippen LogP) is 1.38. The number of halogens is 1. The summed E-state index contributed by atoms with van der Waals surface area (Å²) in [7, 11) is 1.71. The van der Waals surface area contributed by atoms with E-state index in [2.05, 4.69) is 16.9 Å². The first kappa shape index (κ1) is 11.5. The summed E-state index contributed by atoms with van der Waals surface area (Å²) in [5, 5.41) is 3.24. The quantitative estimate of drug-likeness (QED) is 0.609. The Hall–Kier alpha value is -1.55. The molecule has 0 aliphatic rings. The lowest BCUT2D eigenvalue weighted by molar-refractivity contribution is -0.117. The molecule has 0 aliphatic heterocycles. The van der Waals surface area contributed by atoms with E-state index >= 15 is 0 Å². The van der Waals surface area contributed by atoms with E-state index in [0.29, 0.717) is 23.9 Å². The Morgan fingerprint density at radius 3 is 2.93 bits per heavy atom. The first-order chi connectivity index (χ1) is 7.17. The van der Waals surface area contributed by atoms with Crippen LogP contribution >= 0.6 is 11.6 Å². The first-order valence-corrected chi connectivity index (χ1v) is 4.74. The topological polar surface area (TPSA) is 45.2 Å². The van der Waals surface area contributed by atoms with Gasteiger partial charge in [0.05, 0.1) is 6.54 Å². The first-order valence-electron chi connectivity index (χ1n) is 4.36. The summed E-state index contributed by atoms with van der Waals surface area (Å²) in [5.74, 6) is 0.542. The molecule has 0 saturated heterocycles. The molecule has 1 heterocycles. The van der Waals surface area contributed by atoms with Gasteiger partial charge < -0.3 is 5.32 Å². The highest BCUT2D eigenvalue weighted by atomic mass is 35.5. The van der Waals surface area contributed by atoms with Crippen molar-refractivity contribution in [3.8, 4) is 0 Å². The zero-order valence-electron chi connectivity index (χ0n) is 8.40. The van der Waals surface area contributed by atoms with Gasteiger partial charge in [0.15, 0.2) is 0 Å². The van der Waals surface area contributed by atoms with Gasteiger partial charge in [-0.2, -0.15) is 0 Å². The molecule has 1 N–H and O–H groups in total. The minimum atomic E-state index is 0.424. The molecule has 1 aromatic heterocycles. The van der Waals surface area contributed by atoms with Crippen LogP contribution in [0, 0.1) is 0 Å². The average Bonchev–Trinajstić information content (AvgIpc) is 2.27. The summed E-state index contributed by atoms with van der Waals surface area (Å²) >= 11 is 5.65. The van der Waals surface area contributed by atoms with Crippen LogP contribution in [0.3, 0.4) is 0 Å². The Bertz CT molecular complexity index is 350. The lowest BCUT2D eigenvalue weighted by atomic mass is 10.3. The van der Waals surface area contributed by atoms with E-state index in [0.717, 1.165) is 5.56 Å². The van der Waals surface area contributed by atoms with Gasteiger partial charge in [-0.15, -0.1) is 0 Å². The van der Waals surface area contributed by atoms with Crippen molar-refractivity contribution in [1.29, 1.82) is 0 Å². The lowest BCUT2D eigenvalue weighted by Gasteiger charge is -2.19. The molecule has 0 aromatic carbocycles. The van der Waals surface area contributed by atoms with E-state index < -0.39 is 0 Å². The minimum Gasteiger partial charge on any atom is -0.375 e. The summed E-state index contributed by atoms with van der Waals surface area (Å²) in [4.78, 5) is 16.1. The van der Waals surface area contributed by atoms with E-state index in [4.69, 9.17) is 11.6 Å². The monoisotopic (exact) mass is 225 g/mol. The van der Waals surface area contributed by atoms with E-state index in [1.807, 2.05) is 6.07 Å². The van der Waals surface area contributed by atoms with Gasteiger partial charge in [0.1, 0.15) is 11.0 Å². The molecule has 0 atom stereocenters. The van der Waals surface area contributed by atoms with Gasteiger partial charge in [-0.1, -0.05) is 24.2 Å². The number of pyridine rings is 1. The summed E-state index contributed by atoms with van der Waals surface area (Å²) in [6, 6.07) is 3.50. The maximum Gasteiger partial charge on any atom is 0.215 e. The fraction of sp³-hybridized carbons (Fsp3) is 0.200. The molecule has 0 bridgehead atoms. The third kappa shape index (κ3) is 3.25. The van der Waals surface area contributed by atoms with Crippen molar-refractivity contribution in [3.05, 3.63) is 41.4 Å². The van der Waals surface area contributed by atoms with Crippen molar-refractivity contribution in [1.82, 2.24) is 15.2 Å². The highest BCUT2D eigenvalue weighted by Gasteiger charge is 2.05. The number of nitrogens with zero attached hydrogens (tertiary/aromatic N) is 2. The minimum absolute atomic E-state index is 0.424. The van der Waals surface area contributed by atoms with E-state index in [1.54, 1.807) is 19.3 Å². The number of carbonyl (C=O) groups excluding carboxylic acids is 1. The smallest absolute Gasteiger partial charge is 0.215 e. The van der Waals surface area contributed by atoms with Crippen molar-refractivity contribution in [2.75, 3.05) is 7.05 Å². The Morgan fingerprint density at radius 2 is 2.47 bits per heavy atom. The fourth-order valence-electron chi connectivity index (χ4n) is 1.04. The highest BCUT2D eigenvalue weighted by Crippen LogP contribution is 2.08. The lowest BCUT2D eigenvalue weighted by Crippen LogP contribution is -2.27. The molecule has 1 rings (SSSR count). The van der Waals surface area contributed by atoms with Crippen molar-refractivity contribution >= 4 is 18.0 Å². The van der Waals surface area contributed by atoms with Crippen molar-refractivity contribution in [2.45, 2.75) is 6.54 Å². The molecule has 0 fully saturated rings. The second-order valence-corrected chi connectivity index (χ2v) is 3.31. The third-order valence-electron chi connectivity index (χ3n) is 1.90. The van der Waals surface area contributed by atoms with Crippen molar-refractivity contribution < 1.29 is 4.79 Å². The largest absolute Gasteiger partial charge is 0.375 e. The zero-order chi connectivity index (χ0) is 11.3. The molecule has 1 aromatic rings. The second kappa shape index (κ2) is 5.36. The van der Waals surface area contributed by atoms with Crippen LogP contribution in [0.5, 0.6) is 0 Å². The van der Waals surface area contributed by atoms with Gasteiger partial charge >= 0.3 is 0 Å².